The summed E-state index contributed by atoms with van der Waals surface area (Å²) in [5, 5.41) is 6.48. The summed E-state index contributed by atoms with van der Waals surface area (Å²) in [6.07, 6.45) is 3.43. The lowest BCUT2D eigenvalue weighted by molar-refractivity contribution is -0.148. The van der Waals surface area contributed by atoms with Crippen LogP contribution in [0.15, 0.2) is 0 Å². The van der Waals surface area contributed by atoms with Gasteiger partial charge in [0.25, 0.3) is 0 Å². The van der Waals surface area contributed by atoms with Gasteiger partial charge in [-0.15, -0.1) is 0 Å². The van der Waals surface area contributed by atoms with Gasteiger partial charge in [-0.25, -0.2) is 0 Å². The molecule has 0 rings (SSSR count). The van der Waals surface area contributed by atoms with E-state index in [0.717, 1.165) is 45.3 Å². The molecular formula is C12H28N4O2. The maximum absolute atomic E-state index is 10.9. The van der Waals surface area contributed by atoms with Gasteiger partial charge in [0.2, 0.25) is 0 Å². The molecule has 6 nitrogen and oxygen atoms in total. The van der Waals surface area contributed by atoms with Crippen molar-refractivity contribution < 1.29 is 9.53 Å². The fraction of sp³-hybridized carbons (Fsp3) is 0.917. The molecule has 1 atom stereocenters. The van der Waals surface area contributed by atoms with Gasteiger partial charge in [-0.1, -0.05) is 0 Å². The topological polar surface area (TPSA) is 102 Å². The Bertz CT molecular complexity index is 203. The zero-order chi connectivity index (χ0) is 13.6. The summed E-state index contributed by atoms with van der Waals surface area (Å²) in [5.41, 5.74) is 10.8. The summed E-state index contributed by atoms with van der Waals surface area (Å²) in [6.45, 7) is 5.40. The van der Waals surface area contributed by atoms with E-state index in [1.807, 2.05) is 0 Å². The lowest BCUT2D eigenvalue weighted by atomic mass is 10.2. The lowest BCUT2D eigenvalue weighted by Crippen LogP contribution is -2.35. The van der Waals surface area contributed by atoms with Crippen LogP contribution < -0.4 is 22.1 Å². The van der Waals surface area contributed by atoms with Gasteiger partial charge in [-0.2, -0.15) is 0 Å². The molecule has 6 N–H and O–H groups in total. The minimum atomic E-state index is -0.253. The molecule has 0 aliphatic rings. The summed E-state index contributed by atoms with van der Waals surface area (Å²) in [6, 6.07) is 0. The van der Waals surface area contributed by atoms with Crippen molar-refractivity contribution in [3.63, 3.8) is 0 Å². The number of ether oxygens (including phenoxy) is 1. The Morgan fingerprint density at radius 2 is 1.72 bits per heavy atom. The Morgan fingerprint density at radius 1 is 1.11 bits per heavy atom. The van der Waals surface area contributed by atoms with E-state index in [2.05, 4.69) is 10.6 Å². The van der Waals surface area contributed by atoms with E-state index in [4.69, 9.17) is 16.2 Å². The first kappa shape index (κ1) is 17.3. The summed E-state index contributed by atoms with van der Waals surface area (Å²) >= 11 is 0. The Hall–Kier alpha value is -0.690. The quantitative estimate of drug-likeness (QED) is 0.215. The average Bonchev–Trinajstić information content (AvgIpc) is 2.33. The Labute approximate surface area is 110 Å². The van der Waals surface area contributed by atoms with Crippen LogP contribution in [0.3, 0.4) is 0 Å². The van der Waals surface area contributed by atoms with Crippen LogP contribution in [0.1, 0.15) is 32.6 Å². The van der Waals surface area contributed by atoms with Gasteiger partial charge in [-0.3, -0.25) is 10.1 Å². The third-order valence-electron chi connectivity index (χ3n) is 2.44. The molecule has 0 aromatic rings. The van der Waals surface area contributed by atoms with Gasteiger partial charge in [0.05, 0.1) is 0 Å². The summed E-state index contributed by atoms with van der Waals surface area (Å²) in [5.74, 6) is -0.253. The lowest BCUT2D eigenvalue weighted by Gasteiger charge is -2.18. The number of carbonyl (C=O) groups excluding carboxylic acids is 1. The molecule has 0 heterocycles. The van der Waals surface area contributed by atoms with Crippen LogP contribution in [0.4, 0.5) is 0 Å². The van der Waals surface area contributed by atoms with Crippen LogP contribution in [-0.2, 0) is 9.53 Å². The fourth-order valence-electron chi connectivity index (χ4n) is 1.53. The highest BCUT2D eigenvalue weighted by molar-refractivity contribution is 5.66. The molecule has 0 bridgehead atoms. The van der Waals surface area contributed by atoms with Crippen molar-refractivity contribution in [2.45, 2.75) is 38.8 Å². The molecule has 108 valence electrons. The number of nitrogens with one attached hydrogen (secondary N) is 2. The molecular weight excluding hydrogens is 232 g/mol. The van der Waals surface area contributed by atoms with E-state index >= 15 is 0 Å². The van der Waals surface area contributed by atoms with E-state index in [0.29, 0.717) is 13.1 Å². The Balaban J connectivity index is 3.61. The van der Waals surface area contributed by atoms with Crippen molar-refractivity contribution in [1.29, 1.82) is 0 Å². The van der Waals surface area contributed by atoms with Crippen molar-refractivity contribution in [2.24, 2.45) is 11.5 Å². The summed E-state index contributed by atoms with van der Waals surface area (Å²) in [7, 11) is 0. The highest BCUT2D eigenvalue weighted by Gasteiger charge is 2.10. The first-order valence-corrected chi connectivity index (χ1v) is 6.72. The third-order valence-corrected chi connectivity index (χ3v) is 2.44. The van der Waals surface area contributed by atoms with Crippen molar-refractivity contribution >= 4 is 5.97 Å². The first-order valence-electron chi connectivity index (χ1n) is 6.72. The molecule has 0 saturated heterocycles. The standard InChI is InChI=1S/C12H28N4O2/c1-11(17)18-12(16-10-4-7-14)5-2-8-15-9-3-6-13/h12,15-16H,2-10,13-14H2,1H3. The van der Waals surface area contributed by atoms with Crippen LogP contribution in [0, 0.1) is 0 Å². The normalized spacial score (nSPS) is 12.4. The number of nitrogens with two attached hydrogens (primary N) is 2. The molecule has 1 unspecified atom stereocenters. The largest absolute Gasteiger partial charge is 0.447 e. The van der Waals surface area contributed by atoms with Gasteiger partial charge in [0.15, 0.2) is 6.23 Å². The number of rotatable bonds is 12. The molecule has 0 aromatic carbocycles. The number of hydrogen-bond acceptors (Lipinski definition) is 6. The smallest absolute Gasteiger partial charge is 0.304 e. The average molecular weight is 260 g/mol. The molecule has 0 fully saturated rings. The van der Waals surface area contributed by atoms with Crippen LogP contribution >= 0.6 is 0 Å². The van der Waals surface area contributed by atoms with E-state index in [1.165, 1.54) is 6.92 Å². The van der Waals surface area contributed by atoms with Crippen LogP contribution in [-0.4, -0.2) is 44.9 Å². The molecule has 18 heavy (non-hydrogen) atoms. The minimum Gasteiger partial charge on any atom is -0.447 e. The summed E-state index contributed by atoms with van der Waals surface area (Å²) < 4.78 is 5.19. The van der Waals surface area contributed by atoms with Crippen molar-refractivity contribution in [3.05, 3.63) is 0 Å². The Kier molecular flexibility index (Phi) is 12.3. The van der Waals surface area contributed by atoms with E-state index in [1.54, 1.807) is 0 Å². The second-order valence-electron chi connectivity index (χ2n) is 4.23. The van der Waals surface area contributed by atoms with Gasteiger partial charge in [0.1, 0.15) is 0 Å². The highest BCUT2D eigenvalue weighted by Crippen LogP contribution is 1.99. The van der Waals surface area contributed by atoms with Crippen LogP contribution in [0.25, 0.3) is 0 Å². The monoisotopic (exact) mass is 260 g/mol. The molecule has 0 aliphatic carbocycles. The van der Waals surface area contributed by atoms with Crippen LogP contribution in [0.2, 0.25) is 0 Å². The molecule has 0 spiro atoms. The number of esters is 1. The highest BCUT2D eigenvalue weighted by atomic mass is 16.6. The first-order chi connectivity index (χ1) is 8.70. The molecule has 0 aromatic heterocycles. The maximum atomic E-state index is 10.9. The predicted octanol–water partition coefficient (Wildman–Crippen LogP) is -0.467. The van der Waals surface area contributed by atoms with Gasteiger partial charge < -0.3 is 21.5 Å². The van der Waals surface area contributed by atoms with Gasteiger partial charge in [-0.05, 0) is 58.4 Å². The van der Waals surface area contributed by atoms with Crippen molar-refractivity contribution in [2.75, 3.05) is 32.7 Å². The zero-order valence-electron chi connectivity index (χ0n) is 11.4. The van der Waals surface area contributed by atoms with E-state index in [-0.39, 0.29) is 12.2 Å². The van der Waals surface area contributed by atoms with E-state index < -0.39 is 0 Å². The van der Waals surface area contributed by atoms with Gasteiger partial charge in [0, 0.05) is 6.92 Å². The van der Waals surface area contributed by atoms with E-state index in [9.17, 15) is 4.79 Å². The minimum absolute atomic E-state index is 0.203. The molecule has 0 radical (unpaired) electrons. The second kappa shape index (κ2) is 12.8. The zero-order valence-corrected chi connectivity index (χ0v) is 11.4. The van der Waals surface area contributed by atoms with Crippen molar-refractivity contribution in [3.8, 4) is 0 Å². The number of carbonyl (C=O) groups is 1. The predicted molar refractivity (Wildman–Crippen MR) is 73.0 cm³/mol. The molecule has 0 aliphatic heterocycles. The van der Waals surface area contributed by atoms with Crippen molar-refractivity contribution in [1.82, 2.24) is 10.6 Å². The summed E-state index contributed by atoms with van der Waals surface area (Å²) in [4.78, 5) is 10.9. The number of hydrogen-bond donors (Lipinski definition) is 4. The Morgan fingerprint density at radius 3 is 2.33 bits per heavy atom. The van der Waals surface area contributed by atoms with Crippen LogP contribution in [0.5, 0.6) is 0 Å². The second-order valence-corrected chi connectivity index (χ2v) is 4.23. The molecule has 0 amide bonds. The molecule has 0 saturated carbocycles. The fourth-order valence-corrected chi connectivity index (χ4v) is 1.53. The van der Waals surface area contributed by atoms with Gasteiger partial charge >= 0.3 is 5.97 Å². The third kappa shape index (κ3) is 11.8. The maximum Gasteiger partial charge on any atom is 0.304 e. The SMILES string of the molecule is CC(=O)OC(CCCNCCCN)NCCCN. The molecule has 6 heteroatoms.